The zero-order valence-electron chi connectivity index (χ0n) is 11.9. The topological polar surface area (TPSA) is 50.4 Å². The molecule has 1 amide bonds. The SMILES string of the molecule is CNC(=O)c1cccc2c1C[C@@H](NC1CCCC1)CO2. The molecule has 3 rings (SSSR count). The Kier molecular flexibility index (Phi) is 3.92. The normalized spacial score (nSPS) is 22.1. The van der Waals surface area contributed by atoms with Crippen LogP contribution in [0.1, 0.15) is 41.6 Å². The third-order valence-electron chi connectivity index (χ3n) is 4.32. The Hall–Kier alpha value is -1.55. The van der Waals surface area contributed by atoms with Crippen molar-refractivity contribution in [2.24, 2.45) is 0 Å². The molecule has 0 radical (unpaired) electrons. The number of benzene rings is 1. The van der Waals surface area contributed by atoms with Crippen molar-refractivity contribution >= 4 is 5.91 Å². The van der Waals surface area contributed by atoms with E-state index < -0.39 is 0 Å². The first kappa shape index (κ1) is 13.4. The summed E-state index contributed by atoms with van der Waals surface area (Å²) in [6.07, 6.45) is 6.05. The van der Waals surface area contributed by atoms with Crippen LogP contribution in [0.4, 0.5) is 0 Å². The minimum atomic E-state index is -0.0352. The van der Waals surface area contributed by atoms with Gasteiger partial charge in [-0.25, -0.2) is 0 Å². The number of hydrogen-bond donors (Lipinski definition) is 2. The molecule has 1 heterocycles. The summed E-state index contributed by atoms with van der Waals surface area (Å²) in [5.41, 5.74) is 1.77. The second-order valence-electron chi connectivity index (χ2n) is 5.72. The van der Waals surface area contributed by atoms with Crippen molar-refractivity contribution in [3.63, 3.8) is 0 Å². The van der Waals surface area contributed by atoms with Gasteiger partial charge in [-0.3, -0.25) is 4.79 Å². The lowest BCUT2D eigenvalue weighted by molar-refractivity contribution is 0.0960. The van der Waals surface area contributed by atoms with Gasteiger partial charge in [-0.2, -0.15) is 0 Å². The summed E-state index contributed by atoms with van der Waals surface area (Å²) in [6.45, 7) is 0.695. The number of nitrogens with one attached hydrogen (secondary N) is 2. The first-order chi connectivity index (χ1) is 9.78. The second-order valence-corrected chi connectivity index (χ2v) is 5.72. The van der Waals surface area contributed by atoms with Crippen molar-refractivity contribution < 1.29 is 9.53 Å². The molecule has 2 N–H and O–H groups in total. The molecule has 4 nitrogen and oxygen atoms in total. The number of hydrogen-bond acceptors (Lipinski definition) is 3. The van der Waals surface area contributed by atoms with Crippen LogP contribution in [0.25, 0.3) is 0 Å². The van der Waals surface area contributed by atoms with Crippen molar-refractivity contribution in [3.05, 3.63) is 29.3 Å². The van der Waals surface area contributed by atoms with Gasteiger partial charge in [-0.1, -0.05) is 18.9 Å². The first-order valence-corrected chi connectivity index (χ1v) is 7.50. The summed E-state index contributed by atoms with van der Waals surface area (Å²) in [5.74, 6) is 0.822. The predicted molar refractivity (Wildman–Crippen MR) is 78.2 cm³/mol. The van der Waals surface area contributed by atoms with Gasteiger partial charge in [0.25, 0.3) is 5.91 Å². The Morgan fingerprint density at radius 3 is 2.80 bits per heavy atom. The van der Waals surface area contributed by atoms with E-state index in [1.165, 1.54) is 25.7 Å². The minimum absolute atomic E-state index is 0.0352. The third-order valence-corrected chi connectivity index (χ3v) is 4.32. The van der Waals surface area contributed by atoms with E-state index in [2.05, 4.69) is 10.6 Å². The van der Waals surface area contributed by atoms with Gasteiger partial charge in [0.05, 0.1) is 0 Å². The predicted octanol–water partition coefficient (Wildman–Crippen LogP) is 1.88. The number of rotatable bonds is 3. The highest BCUT2D eigenvalue weighted by atomic mass is 16.5. The van der Waals surface area contributed by atoms with Crippen LogP contribution in [-0.4, -0.2) is 31.6 Å². The van der Waals surface area contributed by atoms with E-state index in [1.807, 2.05) is 18.2 Å². The van der Waals surface area contributed by atoms with Crippen LogP contribution in [0.2, 0.25) is 0 Å². The van der Waals surface area contributed by atoms with E-state index in [9.17, 15) is 4.79 Å². The average Bonchev–Trinajstić information content (AvgIpc) is 2.98. The lowest BCUT2D eigenvalue weighted by atomic mass is 9.96. The molecule has 108 valence electrons. The number of carbonyl (C=O) groups excluding carboxylic acids is 1. The Morgan fingerprint density at radius 2 is 2.05 bits per heavy atom. The monoisotopic (exact) mass is 274 g/mol. The zero-order valence-corrected chi connectivity index (χ0v) is 11.9. The van der Waals surface area contributed by atoms with Gasteiger partial charge in [0, 0.05) is 30.3 Å². The largest absolute Gasteiger partial charge is 0.492 e. The second kappa shape index (κ2) is 5.83. The van der Waals surface area contributed by atoms with Gasteiger partial charge in [-0.05, 0) is 31.4 Å². The molecule has 4 heteroatoms. The fraction of sp³-hybridized carbons (Fsp3) is 0.562. The molecule has 1 aromatic carbocycles. The van der Waals surface area contributed by atoms with Crippen molar-refractivity contribution in [1.82, 2.24) is 10.6 Å². The minimum Gasteiger partial charge on any atom is -0.492 e. The van der Waals surface area contributed by atoms with E-state index in [-0.39, 0.29) is 5.91 Å². The Bertz CT molecular complexity index is 495. The van der Waals surface area contributed by atoms with Crippen LogP contribution in [-0.2, 0) is 6.42 Å². The summed E-state index contributed by atoms with van der Waals surface area (Å²) in [6, 6.07) is 6.65. The maximum atomic E-state index is 11.9. The molecular formula is C16H22N2O2. The first-order valence-electron chi connectivity index (χ1n) is 7.50. The number of amides is 1. The van der Waals surface area contributed by atoms with Crippen molar-refractivity contribution in [2.45, 2.75) is 44.2 Å². The van der Waals surface area contributed by atoms with Crippen LogP contribution in [0.3, 0.4) is 0 Å². The molecule has 1 aliphatic carbocycles. The van der Waals surface area contributed by atoms with Crippen LogP contribution < -0.4 is 15.4 Å². The molecule has 1 aliphatic heterocycles. The van der Waals surface area contributed by atoms with E-state index in [0.717, 1.165) is 23.3 Å². The third kappa shape index (κ3) is 2.66. The van der Waals surface area contributed by atoms with Gasteiger partial charge >= 0.3 is 0 Å². The number of carbonyl (C=O) groups is 1. The Labute approximate surface area is 119 Å². The summed E-state index contributed by atoms with van der Waals surface area (Å²) in [4.78, 5) is 11.9. The molecule has 0 spiro atoms. The lowest BCUT2D eigenvalue weighted by Crippen LogP contribution is -2.44. The van der Waals surface area contributed by atoms with Crippen molar-refractivity contribution in [2.75, 3.05) is 13.7 Å². The zero-order chi connectivity index (χ0) is 13.9. The number of ether oxygens (including phenoxy) is 1. The highest BCUT2D eigenvalue weighted by molar-refractivity contribution is 5.96. The average molecular weight is 274 g/mol. The van der Waals surface area contributed by atoms with Crippen molar-refractivity contribution in [3.8, 4) is 5.75 Å². The molecule has 1 fully saturated rings. The maximum Gasteiger partial charge on any atom is 0.251 e. The summed E-state index contributed by atoms with van der Waals surface area (Å²) in [7, 11) is 1.67. The molecule has 2 aliphatic rings. The van der Waals surface area contributed by atoms with E-state index in [1.54, 1.807) is 7.05 Å². The summed E-state index contributed by atoms with van der Waals surface area (Å²) >= 11 is 0. The van der Waals surface area contributed by atoms with Crippen LogP contribution in [0.5, 0.6) is 5.75 Å². The van der Waals surface area contributed by atoms with Crippen LogP contribution >= 0.6 is 0 Å². The molecule has 0 aromatic heterocycles. The van der Waals surface area contributed by atoms with Gasteiger partial charge in [-0.15, -0.1) is 0 Å². The standard InChI is InChI=1S/C16H22N2O2/c1-17-16(19)13-7-4-8-15-14(13)9-12(10-20-15)18-11-5-2-3-6-11/h4,7-8,11-12,18H,2-3,5-6,9-10H2,1H3,(H,17,19)/t12-/m1/s1. The summed E-state index contributed by atoms with van der Waals surface area (Å²) < 4.78 is 5.84. The van der Waals surface area contributed by atoms with Gasteiger partial charge in [0.2, 0.25) is 0 Å². The highest BCUT2D eigenvalue weighted by Crippen LogP contribution is 2.29. The lowest BCUT2D eigenvalue weighted by Gasteiger charge is -2.29. The Morgan fingerprint density at radius 1 is 1.25 bits per heavy atom. The molecule has 0 saturated heterocycles. The van der Waals surface area contributed by atoms with Gasteiger partial charge < -0.3 is 15.4 Å². The van der Waals surface area contributed by atoms with E-state index >= 15 is 0 Å². The molecule has 1 atom stereocenters. The van der Waals surface area contributed by atoms with E-state index in [0.29, 0.717) is 18.7 Å². The van der Waals surface area contributed by atoms with E-state index in [4.69, 9.17) is 4.74 Å². The number of fused-ring (bicyclic) bond motifs is 1. The quantitative estimate of drug-likeness (QED) is 0.885. The van der Waals surface area contributed by atoms with Crippen LogP contribution in [0.15, 0.2) is 18.2 Å². The summed E-state index contributed by atoms with van der Waals surface area (Å²) in [5, 5.41) is 6.39. The fourth-order valence-corrected chi connectivity index (χ4v) is 3.29. The molecule has 0 unspecified atom stereocenters. The van der Waals surface area contributed by atoms with Crippen molar-refractivity contribution in [1.29, 1.82) is 0 Å². The van der Waals surface area contributed by atoms with Gasteiger partial charge in [0.15, 0.2) is 0 Å². The van der Waals surface area contributed by atoms with Crippen LogP contribution in [0, 0.1) is 0 Å². The maximum absolute atomic E-state index is 11.9. The van der Waals surface area contributed by atoms with Gasteiger partial charge in [0.1, 0.15) is 12.4 Å². The highest BCUT2D eigenvalue weighted by Gasteiger charge is 2.26. The molecule has 1 aromatic rings. The molecule has 1 saturated carbocycles. The Balaban J connectivity index is 1.76. The molecule has 20 heavy (non-hydrogen) atoms. The molecule has 0 bridgehead atoms. The smallest absolute Gasteiger partial charge is 0.251 e. The molecular weight excluding hydrogens is 252 g/mol. The fourth-order valence-electron chi connectivity index (χ4n) is 3.29.